The molecule has 3 heteroatoms. The zero-order chi connectivity index (χ0) is 3.58. The number of rotatable bonds is 0. The minimum atomic E-state index is -3.91. The molecule has 0 nitrogen and oxygen atoms in total. The predicted molar refractivity (Wildman–Crippen MR) is 9.34 cm³/mol. The zero-order valence-corrected chi connectivity index (χ0v) is 5.56. The van der Waals surface area contributed by atoms with Gasteiger partial charge in [-0.15, -0.1) is 0 Å². The average Bonchev–Trinajstić information content (AvgIpc) is 0.811. The van der Waals surface area contributed by atoms with Crippen LogP contribution < -0.4 is 0 Å². The van der Waals surface area contributed by atoms with Gasteiger partial charge in [0.1, 0.15) is 0 Å². The van der Waals surface area contributed by atoms with Crippen molar-refractivity contribution >= 4 is 4.26 Å². The van der Waals surface area contributed by atoms with Crippen LogP contribution in [0.15, 0.2) is 0 Å². The molecule has 0 aliphatic heterocycles. The summed E-state index contributed by atoms with van der Waals surface area (Å²) >= 11 is -3.91. The predicted octanol–water partition coefficient (Wildman–Crippen LogP) is 0.806. The molecule has 0 N–H and O–H groups in total. The summed E-state index contributed by atoms with van der Waals surface area (Å²) < 4.78 is 23.4. The van der Waals surface area contributed by atoms with E-state index in [1.807, 2.05) is 0 Å². The Morgan fingerprint density at radius 1 is 1.50 bits per heavy atom. The molecule has 0 saturated heterocycles. The third-order valence-electron chi connectivity index (χ3n) is 0. The molecule has 0 atom stereocenters. The van der Waals surface area contributed by atoms with Crippen LogP contribution in [0, 0.1) is 0 Å². The van der Waals surface area contributed by atoms with Crippen LogP contribution in [0.2, 0.25) is 0 Å². The Labute approximate surface area is 32.2 Å². The molecular formula is CH2F2Hf. The molecule has 0 aromatic rings. The Hall–Kier alpha value is 0.600. The fourth-order valence-corrected chi connectivity index (χ4v) is 0. The van der Waals surface area contributed by atoms with Gasteiger partial charge in [-0.3, -0.25) is 0 Å². The second-order valence-electron chi connectivity index (χ2n) is 0.339. The van der Waals surface area contributed by atoms with Crippen molar-refractivity contribution in [2.75, 3.05) is 0 Å². The molecule has 0 amide bonds. The van der Waals surface area contributed by atoms with Gasteiger partial charge < -0.3 is 0 Å². The molecule has 0 saturated carbocycles. The normalized spacial score (nSPS) is 6.50. The summed E-state index contributed by atoms with van der Waals surface area (Å²) in [4.78, 5) is 0. The van der Waals surface area contributed by atoms with Gasteiger partial charge >= 0.3 is 31.8 Å². The van der Waals surface area contributed by atoms with E-state index in [2.05, 4.69) is 4.26 Å². The van der Waals surface area contributed by atoms with Crippen LogP contribution in [0.5, 0.6) is 0 Å². The molecule has 0 rings (SSSR count). The molecule has 0 spiro atoms. The van der Waals surface area contributed by atoms with Gasteiger partial charge in [0.2, 0.25) is 0 Å². The Morgan fingerprint density at radius 3 is 1.50 bits per heavy atom. The van der Waals surface area contributed by atoms with Crippen LogP contribution in [-0.2, 0) is 22.2 Å². The van der Waals surface area contributed by atoms with E-state index < -0.39 is 22.2 Å². The van der Waals surface area contributed by atoms with E-state index in [-0.39, 0.29) is 0 Å². The fraction of sp³-hybridized carbons (Fsp3) is 0. The first-order chi connectivity index (χ1) is 1.73. The third kappa shape index (κ3) is 18.5. The van der Waals surface area contributed by atoms with Gasteiger partial charge in [0, 0.05) is 0 Å². The fourth-order valence-electron chi connectivity index (χ4n) is 0. The van der Waals surface area contributed by atoms with Crippen molar-refractivity contribution in [3.05, 3.63) is 0 Å². The molecule has 0 aliphatic rings. The van der Waals surface area contributed by atoms with Crippen LogP contribution >= 0.6 is 0 Å². The maximum atomic E-state index is 10.4. The third-order valence-corrected chi connectivity index (χ3v) is 0. The van der Waals surface area contributed by atoms with Crippen LogP contribution in [0.1, 0.15) is 0 Å². The van der Waals surface area contributed by atoms with E-state index in [4.69, 9.17) is 0 Å². The Balaban J connectivity index is 2.80. The van der Waals surface area contributed by atoms with E-state index in [1.165, 1.54) is 0 Å². The Morgan fingerprint density at radius 2 is 1.50 bits per heavy atom. The zero-order valence-electron chi connectivity index (χ0n) is 1.96. The number of halogens is 2. The van der Waals surface area contributed by atoms with Gasteiger partial charge in [-0.25, -0.2) is 0 Å². The molecule has 0 heterocycles. The number of hydrogen-bond acceptors (Lipinski definition) is 0. The monoisotopic (exact) mass is 232 g/mol. The van der Waals surface area contributed by atoms with Crippen molar-refractivity contribution in [2.24, 2.45) is 0 Å². The Bertz CT molecular complexity index is 29.0. The molecule has 0 bridgehead atoms. The number of hydrogen-bond donors (Lipinski definition) is 0. The van der Waals surface area contributed by atoms with Crippen LogP contribution in [0.25, 0.3) is 0 Å². The van der Waals surface area contributed by atoms with E-state index in [0.717, 1.165) is 0 Å². The summed E-state index contributed by atoms with van der Waals surface area (Å²) in [6, 6.07) is 0. The average molecular weight is 231 g/mol. The SMILES string of the molecule is [CH2]=[Hf]([F])[F]. The van der Waals surface area contributed by atoms with Gasteiger partial charge in [0.15, 0.2) is 0 Å². The molecule has 0 unspecified atom stereocenters. The quantitative estimate of drug-likeness (QED) is 0.540. The summed E-state index contributed by atoms with van der Waals surface area (Å²) in [5, 5.41) is 0. The standard InChI is InChI=1S/CH2.2FH.Hf/h1H2;2*1H;/q;;;+2/p-2. The molecule has 24 valence electrons. The van der Waals surface area contributed by atoms with Gasteiger partial charge in [-0.05, 0) is 0 Å². The molecule has 0 fully saturated rings. The topological polar surface area (TPSA) is 0 Å². The van der Waals surface area contributed by atoms with Crippen LogP contribution in [-0.4, -0.2) is 4.26 Å². The first-order valence-corrected chi connectivity index (χ1v) is 5.99. The van der Waals surface area contributed by atoms with E-state index in [1.54, 1.807) is 0 Å². The first kappa shape index (κ1) is 4.60. The van der Waals surface area contributed by atoms with Gasteiger partial charge in [0.25, 0.3) is 0 Å². The van der Waals surface area contributed by atoms with E-state index in [0.29, 0.717) is 0 Å². The molecule has 0 aromatic heterocycles. The summed E-state index contributed by atoms with van der Waals surface area (Å²) in [7, 11) is 0. The van der Waals surface area contributed by atoms with Gasteiger partial charge in [0.05, 0.1) is 0 Å². The summed E-state index contributed by atoms with van der Waals surface area (Å²) in [5.41, 5.74) is 0. The molecule has 0 aromatic carbocycles. The van der Waals surface area contributed by atoms with Crippen LogP contribution in [0.3, 0.4) is 0 Å². The van der Waals surface area contributed by atoms with Crippen LogP contribution in [0.4, 0.5) is 5.33 Å². The van der Waals surface area contributed by atoms with Crippen molar-refractivity contribution in [3.8, 4) is 0 Å². The second kappa shape index (κ2) is 1.88. The molecule has 0 radical (unpaired) electrons. The van der Waals surface area contributed by atoms with E-state index in [9.17, 15) is 5.33 Å². The minimum absolute atomic E-state index is 2.52. The summed E-state index contributed by atoms with van der Waals surface area (Å²) in [6.45, 7) is 0. The van der Waals surface area contributed by atoms with Crippen molar-refractivity contribution < 1.29 is 27.5 Å². The van der Waals surface area contributed by atoms with Crippen molar-refractivity contribution in [1.29, 1.82) is 0 Å². The first-order valence-electron chi connectivity index (χ1n) is 0.732. The van der Waals surface area contributed by atoms with Crippen molar-refractivity contribution in [1.82, 2.24) is 0 Å². The molecular weight excluding hydrogens is 228 g/mol. The molecule has 0 aliphatic carbocycles. The van der Waals surface area contributed by atoms with Crippen molar-refractivity contribution in [2.45, 2.75) is 0 Å². The van der Waals surface area contributed by atoms with E-state index >= 15 is 0 Å². The summed E-state index contributed by atoms with van der Waals surface area (Å²) in [5.74, 6) is 0. The maximum absolute atomic E-state index is 10.4. The van der Waals surface area contributed by atoms with Gasteiger partial charge in [-0.2, -0.15) is 0 Å². The Kier molecular flexibility index (Phi) is 2.16. The summed E-state index contributed by atoms with van der Waals surface area (Å²) in [6.07, 6.45) is 0. The van der Waals surface area contributed by atoms with Gasteiger partial charge in [-0.1, -0.05) is 0 Å². The second-order valence-corrected chi connectivity index (χ2v) is 2.77. The van der Waals surface area contributed by atoms with Crippen molar-refractivity contribution in [3.63, 3.8) is 0 Å². The molecule has 4 heavy (non-hydrogen) atoms.